The van der Waals surface area contributed by atoms with Crippen LogP contribution in [0.2, 0.25) is 0 Å². The van der Waals surface area contributed by atoms with Crippen LogP contribution in [0, 0.1) is 0 Å². The van der Waals surface area contributed by atoms with Gasteiger partial charge in [0.15, 0.2) is 5.78 Å². The number of hydrogen-bond donors (Lipinski definition) is 2. The maximum Gasteiger partial charge on any atom is 0.194 e. The zero-order chi connectivity index (χ0) is 12.4. The molecule has 2 N–H and O–H groups in total. The number of carbonyl (C=O) groups is 1. The van der Waals surface area contributed by atoms with Crippen LogP contribution in [0.15, 0.2) is 30.3 Å². The third-order valence-corrected chi connectivity index (χ3v) is 3.70. The van der Waals surface area contributed by atoms with Crippen LogP contribution < -0.4 is 0 Å². The molecule has 1 heterocycles. The molecule has 1 aromatic rings. The molecule has 1 fully saturated rings. The highest BCUT2D eigenvalue weighted by molar-refractivity contribution is 14.1. The van der Waals surface area contributed by atoms with Crippen LogP contribution in [-0.2, 0) is 4.74 Å². The van der Waals surface area contributed by atoms with Gasteiger partial charge in [0.05, 0.1) is 6.10 Å². The average Bonchev–Trinajstić information content (AvgIpc) is 2.66. The smallest absolute Gasteiger partial charge is 0.194 e. The van der Waals surface area contributed by atoms with Crippen LogP contribution in [0.5, 0.6) is 0 Å². The number of Topliss-reactive ketones (excluding diaryl/α,β-unsaturated/α-hetero) is 1. The molecule has 1 saturated heterocycles. The van der Waals surface area contributed by atoms with Gasteiger partial charge in [0.1, 0.15) is 18.3 Å². The molecule has 1 aliphatic rings. The predicted octanol–water partition coefficient (Wildman–Crippen LogP) is 0.793. The summed E-state index contributed by atoms with van der Waals surface area (Å²) in [6, 6.07) is 8.65. The fourth-order valence-corrected chi connectivity index (χ4v) is 2.59. The summed E-state index contributed by atoms with van der Waals surface area (Å²) in [5.74, 6) is -0.287. The van der Waals surface area contributed by atoms with Gasteiger partial charge in [0, 0.05) is 9.99 Å². The second-order valence-electron chi connectivity index (χ2n) is 3.96. The molecule has 0 aromatic heterocycles. The Morgan fingerprint density at radius 3 is 2.41 bits per heavy atom. The Balaban J connectivity index is 2.16. The number of hydrogen-bond acceptors (Lipinski definition) is 4. The summed E-state index contributed by atoms with van der Waals surface area (Å²) >= 11 is 2.06. The summed E-state index contributed by atoms with van der Waals surface area (Å²) in [5, 5.41) is 19.5. The predicted molar refractivity (Wildman–Crippen MR) is 70.3 cm³/mol. The van der Waals surface area contributed by atoms with Gasteiger partial charge in [-0.15, -0.1) is 0 Å². The van der Waals surface area contributed by atoms with Crippen molar-refractivity contribution in [3.05, 3.63) is 35.9 Å². The Kier molecular flexibility index (Phi) is 4.13. The monoisotopic (exact) mass is 348 g/mol. The Hall–Kier alpha value is -0.500. The van der Waals surface area contributed by atoms with E-state index in [1.54, 1.807) is 24.3 Å². The third kappa shape index (κ3) is 2.52. The fraction of sp³-hybridized carbons (Fsp3) is 0.417. The first kappa shape index (κ1) is 12.9. The van der Waals surface area contributed by atoms with Gasteiger partial charge < -0.3 is 14.9 Å². The molecule has 0 amide bonds. The lowest BCUT2D eigenvalue weighted by Crippen LogP contribution is -2.36. The largest absolute Gasteiger partial charge is 0.388 e. The molecule has 5 heteroatoms. The van der Waals surface area contributed by atoms with Gasteiger partial charge in [0.25, 0.3) is 0 Å². The van der Waals surface area contributed by atoms with E-state index >= 15 is 0 Å². The van der Waals surface area contributed by atoms with Gasteiger partial charge in [-0.1, -0.05) is 52.9 Å². The van der Waals surface area contributed by atoms with E-state index < -0.39 is 24.4 Å². The number of aliphatic hydroxyl groups excluding tert-OH is 2. The van der Waals surface area contributed by atoms with E-state index in [4.69, 9.17) is 4.74 Å². The maximum absolute atomic E-state index is 12.1. The number of aliphatic hydroxyl groups is 2. The van der Waals surface area contributed by atoms with Gasteiger partial charge in [-0.25, -0.2) is 0 Å². The number of carbonyl (C=O) groups excluding carboxylic acids is 1. The van der Waals surface area contributed by atoms with Gasteiger partial charge >= 0.3 is 0 Å². The number of alkyl halides is 1. The molecule has 1 aromatic carbocycles. The van der Waals surface area contributed by atoms with Crippen molar-refractivity contribution in [1.82, 2.24) is 0 Å². The van der Waals surface area contributed by atoms with Crippen molar-refractivity contribution in [3.63, 3.8) is 0 Å². The van der Waals surface area contributed by atoms with Crippen LogP contribution in [0.3, 0.4) is 0 Å². The average molecular weight is 348 g/mol. The molecule has 4 nitrogen and oxygen atoms in total. The normalized spacial score (nSPS) is 32.6. The topological polar surface area (TPSA) is 66.8 Å². The highest BCUT2D eigenvalue weighted by Gasteiger charge is 2.45. The lowest BCUT2D eigenvalue weighted by atomic mass is 10.0. The van der Waals surface area contributed by atoms with Gasteiger partial charge in [-0.05, 0) is 0 Å². The molecule has 0 spiro atoms. The molecule has 92 valence electrons. The third-order valence-electron chi connectivity index (χ3n) is 2.83. The first-order valence-electron chi connectivity index (χ1n) is 5.32. The van der Waals surface area contributed by atoms with Crippen LogP contribution >= 0.6 is 22.6 Å². The minimum Gasteiger partial charge on any atom is -0.388 e. The molecule has 0 aliphatic carbocycles. The number of rotatable bonds is 3. The highest BCUT2D eigenvalue weighted by atomic mass is 127. The quantitative estimate of drug-likeness (QED) is 0.482. The lowest BCUT2D eigenvalue weighted by molar-refractivity contribution is 0.0204. The van der Waals surface area contributed by atoms with E-state index in [0.717, 1.165) is 0 Å². The molecule has 0 radical (unpaired) electrons. The maximum atomic E-state index is 12.1. The summed E-state index contributed by atoms with van der Waals surface area (Å²) in [4.78, 5) is 12.1. The summed E-state index contributed by atoms with van der Waals surface area (Å²) in [6.07, 6.45) is -3.59. The minimum atomic E-state index is -1.15. The number of benzene rings is 1. The van der Waals surface area contributed by atoms with E-state index in [9.17, 15) is 15.0 Å². The molecule has 1 unspecified atom stereocenters. The molecule has 17 heavy (non-hydrogen) atoms. The zero-order valence-electron chi connectivity index (χ0n) is 8.99. The van der Waals surface area contributed by atoms with Crippen molar-refractivity contribution in [2.75, 3.05) is 4.43 Å². The first-order valence-corrected chi connectivity index (χ1v) is 6.84. The zero-order valence-corrected chi connectivity index (χ0v) is 11.1. The molecule has 2 rings (SSSR count). The number of ether oxygens (including phenoxy) is 1. The molecule has 1 aliphatic heterocycles. The van der Waals surface area contributed by atoms with Crippen molar-refractivity contribution in [1.29, 1.82) is 0 Å². The molecule has 4 atom stereocenters. The molecule has 0 bridgehead atoms. The Morgan fingerprint density at radius 1 is 1.24 bits per heavy atom. The number of ketones is 1. The van der Waals surface area contributed by atoms with Crippen molar-refractivity contribution in [2.45, 2.75) is 24.4 Å². The molecule has 0 saturated carbocycles. The van der Waals surface area contributed by atoms with Crippen molar-refractivity contribution < 1.29 is 19.7 Å². The van der Waals surface area contributed by atoms with Crippen LogP contribution in [0.25, 0.3) is 0 Å². The van der Waals surface area contributed by atoms with Crippen LogP contribution in [0.4, 0.5) is 0 Å². The van der Waals surface area contributed by atoms with Gasteiger partial charge in [-0.2, -0.15) is 0 Å². The molecular weight excluding hydrogens is 335 g/mol. The van der Waals surface area contributed by atoms with E-state index in [2.05, 4.69) is 22.6 Å². The Labute approximate surface area is 113 Å². The first-order chi connectivity index (χ1) is 8.15. The van der Waals surface area contributed by atoms with Crippen LogP contribution in [0.1, 0.15) is 10.4 Å². The minimum absolute atomic E-state index is 0.287. The fourth-order valence-electron chi connectivity index (χ4n) is 1.86. The van der Waals surface area contributed by atoms with Gasteiger partial charge in [-0.3, -0.25) is 4.79 Å². The van der Waals surface area contributed by atoms with Crippen molar-refractivity contribution in [2.24, 2.45) is 0 Å². The van der Waals surface area contributed by atoms with E-state index in [0.29, 0.717) is 9.99 Å². The van der Waals surface area contributed by atoms with E-state index in [1.807, 2.05) is 6.07 Å². The lowest BCUT2D eigenvalue weighted by Gasteiger charge is -2.13. The number of halogens is 1. The summed E-state index contributed by atoms with van der Waals surface area (Å²) in [7, 11) is 0. The second kappa shape index (κ2) is 5.43. The SMILES string of the molecule is O=C(c1ccccc1)[C@@H]1O[C@H](CI)[C@@H](O)C1O. The summed E-state index contributed by atoms with van der Waals surface area (Å²) in [5.41, 5.74) is 0.484. The van der Waals surface area contributed by atoms with Crippen molar-refractivity contribution in [3.8, 4) is 0 Å². The van der Waals surface area contributed by atoms with E-state index in [1.165, 1.54) is 0 Å². The second-order valence-corrected chi connectivity index (χ2v) is 4.84. The van der Waals surface area contributed by atoms with Crippen LogP contribution in [-0.4, -0.2) is 44.8 Å². The standard InChI is InChI=1S/C12H13IO4/c13-6-8-10(15)11(16)12(17-8)9(14)7-4-2-1-3-5-7/h1-5,8,10-12,15-16H,6H2/t8-,10-,11?,12+/m1/s1. The summed E-state index contributed by atoms with van der Waals surface area (Å²) in [6.45, 7) is 0. The van der Waals surface area contributed by atoms with Gasteiger partial charge in [0.2, 0.25) is 0 Å². The van der Waals surface area contributed by atoms with E-state index in [-0.39, 0.29) is 5.78 Å². The Bertz CT molecular complexity index is 395. The summed E-state index contributed by atoms with van der Waals surface area (Å²) < 4.78 is 5.93. The van der Waals surface area contributed by atoms with Crippen molar-refractivity contribution >= 4 is 28.4 Å². The Morgan fingerprint density at radius 2 is 1.88 bits per heavy atom. The molecular formula is C12H13IO4. The highest BCUT2D eigenvalue weighted by Crippen LogP contribution is 2.25.